The molecule has 0 bridgehead atoms. The Morgan fingerprint density at radius 3 is 2.52 bits per heavy atom. The second-order valence-corrected chi connectivity index (χ2v) is 6.48. The summed E-state index contributed by atoms with van der Waals surface area (Å²) in [5.74, 6) is -1.63. The zero-order chi connectivity index (χ0) is 18.4. The van der Waals surface area contributed by atoms with Gasteiger partial charge in [-0.15, -0.1) is 0 Å². The Morgan fingerprint density at radius 2 is 1.92 bits per heavy atom. The average molecular weight is 345 g/mol. The summed E-state index contributed by atoms with van der Waals surface area (Å²) in [4.78, 5) is 35.7. The van der Waals surface area contributed by atoms with Crippen molar-refractivity contribution in [1.29, 1.82) is 0 Å². The summed E-state index contributed by atoms with van der Waals surface area (Å²) in [5.41, 5.74) is 1.09. The molecule has 2 amide bonds. The van der Waals surface area contributed by atoms with E-state index in [9.17, 15) is 19.5 Å². The summed E-state index contributed by atoms with van der Waals surface area (Å²) in [6, 6.07) is 8.40. The smallest absolute Gasteiger partial charge is 0.326 e. The van der Waals surface area contributed by atoms with E-state index >= 15 is 0 Å². The molecule has 1 heterocycles. The Bertz CT molecular complexity index is 670. The lowest BCUT2D eigenvalue weighted by Crippen LogP contribution is -2.46. The number of carbonyl (C=O) groups is 3. The number of benzene rings is 1. The minimum absolute atomic E-state index is 0.130. The molecular formula is C18H23N3O4. The highest BCUT2D eigenvalue weighted by atomic mass is 16.4. The van der Waals surface area contributed by atoms with Crippen LogP contribution in [0, 0.1) is 5.92 Å². The van der Waals surface area contributed by atoms with E-state index < -0.39 is 17.9 Å². The minimum Gasteiger partial charge on any atom is -0.480 e. The van der Waals surface area contributed by atoms with Crippen LogP contribution in [0.3, 0.4) is 0 Å². The molecule has 0 fully saturated rings. The highest BCUT2D eigenvalue weighted by Crippen LogP contribution is 2.14. The summed E-state index contributed by atoms with van der Waals surface area (Å²) in [6.45, 7) is 4.06. The SMILES string of the molecule is CC(C)C[C@H](NC(=O)C1=NN(Cc2ccccc2)C(=O)CC1)C(=O)O. The molecule has 0 unspecified atom stereocenters. The summed E-state index contributed by atoms with van der Waals surface area (Å²) >= 11 is 0. The lowest BCUT2D eigenvalue weighted by Gasteiger charge is -2.24. The van der Waals surface area contributed by atoms with Gasteiger partial charge in [0, 0.05) is 12.8 Å². The maximum atomic E-state index is 12.4. The molecule has 2 rings (SSSR count). The van der Waals surface area contributed by atoms with Crippen molar-refractivity contribution in [2.45, 2.75) is 45.7 Å². The summed E-state index contributed by atoms with van der Waals surface area (Å²) < 4.78 is 0. The van der Waals surface area contributed by atoms with Crippen molar-refractivity contribution in [3.8, 4) is 0 Å². The van der Waals surface area contributed by atoms with Gasteiger partial charge in [0.25, 0.3) is 5.91 Å². The van der Waals surface area contributed by atoms with Gasteiger partial charge in [-0.05, 0) is 17.9 Å². The molecule has 0 aromatic heterocycles. The first kappa shape index (κ1) is 18.6. The quantitative estimate of drug-likeness (QED) is 0.787. The van der Waals surface area contributed by atoms with Crippen molar-refractivity contribution in [3.05, 3.63) is 35.9 Å². The van der Waals surface area contributed by atoms with Crippen LogP contribution >= 0.6 is 0 Å². The molecule has 7 nitrogen and oxygen atoms in total. The molecule has 0 saturated carbocycles. The van der Waals surface area contributed by atoms with Gasteiger partial charge in [-0.25, -0.2) is 9.80 Å². The molecule has 1 aliphatic heterocycles. The number of carboxylic acids is 1. The van der Waals surface area contributed by atoms with E-state index in [2.05, 4.69) is 10.4 Å². The van der Waals surface area contributed by atoms with Gasteiger partial charge in [-0.2, -0.15) is 5.10 Å². The zero-order valence-corrected chi connectivity index (χ0v) is 14.4. The van der Waals surface area contributed by atoms with Gasteiger partial charge >= 0.3 is 5.97 Å². The van der Waals surface area contributed by atoms with Crippen molar-refractivity contribution in [1.82, 2.24) is 10.3 Å². The number of nitrogens with zero attached hydrogens (tertiary/aromatic N) is 2. The van der Waals surface area contributed by atoms with Gasteiger partial charge in [0.15, 0.2) is 0 Å². The maximum absolute atomic E-state index is 12.4. The third-order valence-corrected chi connectivity index (χ3v) is 3.85. The van der Waals surface area contributed by atoms with Crippen LogP contribution in [0.15, 0.2) is 35.4 Å². The van der Waals surface area contributed by atoms with Crippen LogP contribution in [-0.2, 0) is 20.9 Å². The highest BCUT2D eigenvalue weighted by Gasteiger charge is 2.28. The highest BCUT2D eigenvalue weighted by molar-refractivity contribution is 6.39. The Balaban J connectivity index is 2.08. The van der Waals surface area contributed by atoms with Gasteiger partial charge in [-0.3, -0.25) is 9.59 Å². The van der Waals surface area contributed by atoms with E-state index in [1.807, 2.05) is 44.2 Å². The van der Waals surface area contributed by atoms with Crippen molar-refractivity contribution in [2.75, 3.05) is 0 Å². The fourth-order valence-electron chi connectivity index (χ4n) is 2.58. The third-order valence-electron chi connectivity index (χ3n) is 3.85. The molecule has 1 aromatic carbocycles. The molecule has 1 aliphatic rings. The Labute approximate surface area is 146 Å². The average Bonchev–Trinajstić information content (AvgIpc) is 2.56. The second-order valence-electron chi connectivity index (χ2n) is 6.48. The first-order valence-corrected chi connectivity index (χ1v) is 8.32. The number of hydrogen-bond donors (Lipinski definition) is 2. The molecule has 0 spiro atoms. The van der Waals surface area contributed by atoms with Crippen LogP contribution in [-0.4, -0.2) is 39.7 Å². The molecule has 25 heavy (non-hydrogen) atoms. The number of nitrogens with one attached hydrogen (secondary N) is 1. The third kappa shape index (κ3) is 5.41. The van der Waals surface area contributed by atoms with Gasteiger partial charge in [0.05, 0.1) is 6.54 Å². The predicted octanol–water partition coefficient (Wildman–Crippen LogP) is 1.78. The molecule has 7 heteroatoms. The minimum atomic E-state index is -1.07. The van der Waals surface area contributed by atoms with E-state index in [-0.39, 0.29) is 36.9 Å². The molecule has 1 aromatic rings. The molecule has 0 radical (unpaired) electrons. The zero-order valence-electron chi connectivity index (χ0n) is 14.4. The molecule has 1 atom stereocenters. The van der Waals surface area contributed by atoms with Crippen molar-refractivity contribution >= 4 is 23.5 Å². The van der Waals surface area contributed by atoms with Gasteiger partial charge < -0.3 is 10.4 Å². The number of hydrogen-bond acceptors (Lipinski definition) is 4. The van der Waals surface area contributed by atoms with Crippen LogP contribution in [0.25, 0.3) is 0 Å². The van der Waals surface area contributed by atoms with Crippen LogP contribution in [0.2, 0.25) is 0 Å². The van der Waals surface area contributed by atoms with Crippen molar-refractivity contribution in [3.63, 3.8) is 0 Å². The Morgan fingerprint density at radius 1 is 1.24 bits per heavy atom. The summed E-state index contributed by atoms with van der Waals surface area (Å²) in [6.07, 6.45) is 0.728. The molecule has 0 aliphatic carbocycles. The Kier molecular flexibility index (Phi) is 6.27. The number of amides is 2. The number of carbonyl (C=O) groups excluding carboxylic acids is 2. The number of rotatable bonds is 7. The first-order chi connectivity index (χ1) is 11.9. The monoisotopic (exact) mass is 345 g/mol. The molecular weight excluding hydrogens is 322 g/mol. The van der Waals surface area contributed by atoms with Crippen molar-refractivity contribution in [2.24, 2.45) is 11.0 Å². The van der Waals surface area contributed by atoms with E-state index in [1.54, 1.807) is 0 Å². The topological polar surface area (TPSA) is 99.1 Å². The predicted molar refractivity (Wildman–Crippen MR) is 92.7 cm³/mol. The van der Waals surface area contributed by atoms with Gasteiger partial charge in [-0.1, -0.05) is 44.2 Å². The van der Waals surface area contributed by atoms with E-state index in [0.717, 1.165) is 5.56 Å². The lowest BCUT2D eigenvalue weighted by molar-refractivity contribution is -0.141. The summed E-state index contributed by atoms with van der Waals surface area (Å²) in [5, 5.41) is 17.2. The van der Waals surface area contributed by atoms with Crippen LogP contribution in [0.1, 0.15) is 38.7 Å². The van der Waals surface area contributed by atoms with E-state index in [4.69, 9.17) is 0 Å². The van der Waals surface area contributed by atoms with Gasteiger partial charge in [0.1, 0.15) is 11.8 Å². The molecule has 134 valence electrons. The van der Waals surface area contributed by atoms with E-state index in [0.29, 0.717) is 6.42 Å². The standard InChI is InChI=1S/C18H23N3O4/c1-12(2)10-15(18(24)25)19-17(23)14-8-9-16(22)21(20-14)11-13-6-4-3-5-7-13/h3-7,12,15H,8-11H2,1-2H3,(H,19,23)(H,24,25)/t15-/m0/s1. The number of aliphatic carboxylic acids is 1. The lowest BCUT2D eigenvalue weighted by atomic mass is 10.0. The fraction of sp³-hybridized carbons (Fsp3) is 0.444. The fourth-order valence-corrected chi connectivity index (χ4v) is 2.58. The van der Waals surface area contributed by atoms with Crippen molar-refractivity contribution < 1.29 is 19.5 Å². The first-order valence-electron chi connectivity index (χ1n) is 8.32. The van der Waals surface area contributed by atoms with Gasteiger partial charge in [0.2, 0.25) is 5.91 Å². The van der Waals surface area contributed by atoms with Crippen LogP contribution in [0.5, 0.6) is 0 Å². The van der Waals surface area contributed by atoms with Crippen LogP contribution < -0.4 is 5.32 Å². The molecule has 0 saturated heterocycles. The summed E-state index contributed by atoms with van der Waals surface area (Å²) in [7, 11) is 0. The largest absolute Gasteiger partial charge is 0.480 e. The normalized spacial score (nSPS) is 15.7. The second kappa shape index (κ2) is 8.41. The number of hydrazone groups is 1. The molecule has 2 N–H and O–H groups in total. The maximum Gasteiger partial charge on any atom is 0.326 e. The Hall–Kier alpha value is -2.70. The number of carboxylic acid groups (broad SMARTS) is 1. The van der Waals surface area contributed by atoms with E-state index in [1.165, 1.54) is 5.01 Å². The van der Waals surface area contributed by atoms with Crippen LogP contribution in [0.4, 0.5) is 0 Å².